The van der Waals surface area contributed by atoms with Gasteiger partial charge in [0.15, 0.2) is 5.16 Å². The summed E-state index contributed by atoms with van der Waals surface area (Å²) >= 11 is 1.47. The summed E-state index contributed by atoms with van der Waals surface area (Å²) in [4.78, 5) is 12.7. The van der Waals surface area contributed by atoms with Crippen LogP contribution >= 0.6 is 11.8 Å². The van der Waals surface area contributed by atoms with Crippen LogP contribution < -0.4 is 10.1 Å². The van der Waals surface area contributed by atoms with Crippen LogP contribution in [0.1, 0.15) is 57.0 Å². The topological polar surface area (TPSA) is 69.0 Å². The van der Waals surface area contributed by atoms with Crippen LogP contribution in [0.25, 0.3) is 0 Å². The van der Waals surface area contributed by atoms with Gasteiger partial charge in [0.25, 0.3) is 0 Å². The molecule has 31 heavy (non-hydrogen) atoms. The van der Waals surface area contributed by atoms with Crippen LogP contribution in [0.2, 0.25) is 0 Å². The molecule has 0 radical (unpaired) electrons. The molecule has 0 saturated heterocycles. The fraction of sp³-hybridized carbons (Fsp3) is 0.375. The number of hydrogen-bond donors (Lipinski definition) is 1. The number of nitrogens with zero attached hydrogens (tertiary/aromatic N) is 3. The van der Waals surface area contributed by atoms with Gasteiger partial charge in [0.05, 0.1) is 5.25 Å². The molecule has 1 N–H and O–H groups in total. The number of benzene rings is 2. The molecule has 4 rings (SSSR count). The molecule has 1 aromatic heterocycles. The highest BCUT2D eigenvalue weighted by Gasteiger charge is 2.31. The van der Waals surface area contributed by atoms with Gasteiger partial charge in [-0.25, -0.2) is 0 Å². The normalized spacial score (nSPS) is 14.5. The van der Waals surface area contributed by atoms with Crippen LogP contribution in [-0.2, 0) is 11.4 Å². The molecular weight excluding hydrogens is 408 g/mol. The third kappa shape index (κ3) is 5.47. The summed E-state index contributed by atoms with van der Waals surface area (Å²) < 4.78 is 8.03. The Bertz CT molecular complexity index is 1010. The molecule has 0 aliphatic heterocycles. The number of hydrogen-bond acceptors (Lipinski definition) is 5. The van der Waals surface area contributed by atoms with E-state index in [2.05, 4.69) is 33.9 Å². The lowest BCUT2D eigenvalue weighted by Crippen LogP contribution is -2.23. The Labute approximate surface area is 187 Å². The molecule has 2 aromatic carbocycles. The van der Waals surface area contributed by atoms with E-state index in [0.717, 1.165) is 40.8 Å². The van der Waals surface area contributed by atoms with E-state index in [4.69, 9.17) is 4.74 Å². The maximum absolute atomic E-state index is 12.7. The zero-order chi connectivity index (χ0) is 21.8. The van der Waals surface area contributed by atoms with Crippen LogP contribution in [0.15, 0.2) is 59.8 Å². The first-order chi connectivity index (χ1) is 15.0. The average molecular weight is 437 g/mol. The van der Waals surface area contributed by atoms with E-state index < -0.39 is 0 Å². The number of anilines is 1. The van der Waals surface area contributed by atoms with Gasteiger partial charge in [-0.3, -0.25) is 4.79 Å². The predicted molar refractivity (Wildman–Crippen MR) is 124 cm³/mol. The summed E-state index contributed by atoms with van der Waals surface area (Å²) in [5.41, 5.74) is 1.86. The number of carbonyl (C=O) groups is 1. The first-order valence-corrected chi connectivity index (χ1v) is 11.6. The Kier molecular flexibility index (Phi) is 6.61. The fourth-order valence-electron chi connectivity index (χ4n) is 3.27. The van der Waals surface area contributed by atoms with E-state index in [1.807, 2.05) is 61.5 Å². The summed E-state index contributed by atoms with van der Waals surface area (Å²) in [7, 11) is 0. The largest absolute Gasteiger partial charge is 0.489 e. The van der Waals surface area contributed by atoms with E-state index in [1.54, 1.807) is 0 Å². The molecule has 1 fully saturated rings. The number of ether oxygens (including phenoxy) is 1. The van der Waals surface area contributed by atoms with Crippen molar-refractivity contribution in [1.82, 2.24) is 14.8 Å². The monoisotopic (exact) mass is 436 g/mol. The van der Waals surface area contributed by atoms with Crippen LogP contribution in [0.3, 0.4) is 0 Å². The molecule has 1 heterocycles. The standard InChI is InChI=1S/C24H28N4O2S/c1-16(2)22-26-27-24(28(22)20-11-12-20)31-17(3)23(29)25-19-9-13-21(14-10-19)30-15-18-7-5-4-6-8-18/h4-10,13-14,16-17,20H,11-12,15H2,1-3H3,(H,25,29). The lowest BCUT2D eigenvalue weighted by Gasteiger charge is -2.14. The number of amides is 1. The lowest BCUT2D eigenvalue weighted by atomic mass is 10.2. The summed E-state index contributed by atoms with van der Waals surface area (Å²) in [6.07, 6.45) is 2.31. The first-order valence-electron chi connectivity index (χ1n) is 10.7. The van der Waals surface area contributed by atoms with Gasteiger partial charge >= 0.3 is 0 Å². The fourth-order valence-corrected chi connectivity index (χ4v) is 4.20. The molecule has 1 aliphatic rings. The molecule has 0 bridgehead atoms. The van der Waals surface area contributed by atoms with E-state index in [-0.39, 0.29) is 11.2 Å². The van der Waals surface area contributed by atoms with Gasteiger partial charge in [-0.15, -0.1) is 10.2 Å². The van der Waals surface area contributed by atoms with Crippen molar-refractivity contribution in [2.75, 3.05) is 5.32 Å². The maximum atomic E-state index is 12.7. The van der Waals surface area contributed by atoms with Gasteiger partial charge in [0.1, 0.15) is 18.2 Å². The van der Waals surface area contributed by atoms with Crippen LogP contribution in [0, 0.1) is 0 Å². The summed E-state index contributed by atoms with van der Waals surface area (Å²) in [5, 5.41) is 12.3. The van der Waals surface area contributed by atoms with Gasteiger partial charge in [-0.2, -0.15) is 0 Å². The lowest BCUT2D eigenvalue weighted by molar-refractivity contribution is -0.115. The molecule has 3 aromatic rings. The highest BCUT2D eigenvalue weighted by molar-refractivity contribution is 8.00. The number of rotatable bonds is 9. The third-order valence-electron chi connectivity index (χ3n) is 5.14. The van der Waals surface area contributed by atoms with Crippen molar-refractivity contribution < 1.29 is 9.53 Å². The van der Waals surface area contributed by atoms with Gasteiger partial charge < -0.3 is 14.6 Å². The number of aromatic nitrogens is 3. The second-order valence-corrected chi connectivity index (χ2v) is 9.45. The zero-order valence-corrected chi connectivity index (χ0v) is 18.9. The van der Waals surface area contributed by atoms with Gasteiger partial charge in [0, 0.05) is 17.6 Å². The number of nitrogens with one attached hydrogen (secondary N) is 1. The Balaban J connectivity index is 1.33. The van der Waals surface area contributed by atoms with Crippen LogP contribution in [0.5, 0.6) is 5.75 Å². The molecule has 7 heteroatoms. The summed E-state index contributed by atoms with van der Waals surface area (Å²) in [6.45, 7) is 6.67. The first kappa shape index (κ1) is 21.4. The average Bonchev–Trinajstić information content (AvgIpc) is 3.53. The molecule has 1 saturated carbocycles. The SMILES string of the molecule is CC(Sc1nnc(C(C)C)n1C1CC1)C(=O)Nc1ccc(OCc2ccccc2)cc1. The number of thioether (sulfide) groups is 1. The third-order valence-corrected chi connectivity index (χ3v) is 6.20. The Morgan fingerprint density at radius 1 is 1.10 bits per heavy atom. The Morgan fingerprint density at radius 3 is 2.45 bits per heavy atom. The van der Waals surface area contributed by atoms with Crippen molar-refractivity contribution in [3.05, 3.63) is 66.0 Å². The minimum atomic E-state index is -0.282. The van der Waals surface area contributed by atoms with E-state index in [9.17, 15) is 4.79 Å². The molecule has 1 atom stereocenters. The second kappa shape index (κ2) is 9.56. The van der Waals surface area contributed by atoms with Crippen molar-refractivity contribution in [2.24, 2.45) is 0 Å². The highest BCUT2D eigenvalue weighted by Crippen LogP contribution is 2.40. The molecule has 162 valence electrons. The maximum Gasteiger partial charge on any atom is 0.237 e. The summed E-state index contributed by atoms with van der Waals surface area (Å²) in [5.74, 6) is 2.03. The van der Waals surface area contributed by atoms with Gasteiger partial charge in [-0.1, -0.05) is 55.9 Å². The minimum absolute atomic E-state index is 0.0561. The molecule has 1 aliphatic carbocycles. The van der Waals surface area contributed by atoms with Crippen LogP contribution in [-0.4, -0.2) is 25.9 Å². The smallest absolute Gasteiger partial charge is 0.237 e. The quantitative estimate of drug-likeness (QED) is 0.453. The highest BCUT2D eigenvalue weighted by atomic mass is 32.2. The molecule has 0 spiro atoms. The molecule has 1 amide bonds. The van der Waals surface area contributed by atoms with E-state index in [1.165, 1.54) is 11.8 Å². The molecular formula is C24H28N4O2S. The van der Waals surface area contributed by atoms with Crippen molar-refractivity contribution in [1.29, 1.82) is 0 Å². The summed E-state index contributed by atoms with van der Waals surface area (Å²) in [6, 6.07) is 18.0. The van der Waals surface area contributed by atoms with E-state index in [0.29, 0.717) is 18.6 Å². The Morgan fingerprint density at radius 2 is 1.81 bits per heavy atom. The van der Waals surface area contributed by atoms with Gasteiger partial charge in [-0.05, 0) is 49.6 Å². The van der Waals surface area contributed by atoms with Crippen molar-refractivity contribution in [3.8, 4) is 5.75 Å². The van der Waals surface area contributed by atoms with Crippen molar-refractivity contribution in [2.45, 2.75) is 62.6 Å². The van der Waals surface area contributed by atoms with Crippen molar-refractivity contribution in [3.63, 3.8) is 0 Å². The minimum Gasteiger partial charge on any atom is -0.489 e. The molecule has 6 nitrogen and oxygen atoms in total. The van der Waals surface area contributed by atoms with Crippen molar-refractivity contribution >= 4 is 23.4 Å². The molecule has 1 unspecified atom stereocenters. The zero-order valence-electron chi connectivity index (χ0n) is 18.1. The van der Waals surface area contributed by atoms with Crippen LogP contribution in [0.4, 0.5) is 5.69 Å². The second-order valence-electron chi connectivity index (χ2n) is 8.14. The Hall–Kier alpha value is -2.80. The van der Waals surface area contributed by atoms with Gasteiger partial charge in [0.2, 0.25) is 5.91 Å². The number of carbonyl (C=O) groups excluding carboxylic acids is 1. The van der Waals surface area contributed by atoms with E-state index >= 15 is 0 Å². The predicted octanol–water partition coefficient (Wildman–Crippen LogP) is 5.43.